The van der Waals surface area contributed by atoms with E-state index >= 15 is 0 Å². The Hall–Kier alpha value is -3.23. The van der Waals surface area contributed by atoms with E-state index in [2.05, 4.69) is 36.2 Å². The van der Waals surface area contributed by atoms with E-state index in [1.165, 1.54) is 29.7 Å². The van der Waals surface area contributed by atoms with Crippen molar-refractivity contribution in [1.82, 2.24) is 15.0 Å². The van der Waals surface area contributed by atoms with Gasteiger partial charge in [-0.2, -0.15) is 18.4 Å². The number of hydrogen-bond donors (Lipinski definition) is 1. The highest BCUT2D eigenvalue weighted by Gasteiger charge is 2.37. The molecule has 0 aliphatic heterocycles. The normalized spacial score (nSPS) is 11.3. The van der Waals surface area contributed by atoms with Crippen LogP contribution in [-0.4, -0.2) is 15.0 Å². The van der Waals surface area contributed by atoms with Crippen molar-refractivity contribution in [3.8, 4) is 17.6 Å². The molecule has 0 fully saturated rings. The molecular weight excluding hydrogens is 483 g/mol. The van der Waals surface area contributed by atoms with Gasteiger partial charge in [-0.15, -0.1) is 0 Å². The third kappa shape index (κ3) is 4.05. The highest BCUT2D eigenvalue weighted by atomic mass is 79.9. The first-order chi connectivity index (χ1) is 14.3. The van der Waals surface area contributed by atoms with Gasteiger partial charge in [-0.1, -0.05) is 17.4 Å². The molecule has 30 heavy (non-hydrogen) atoms. The molecule has 0 radical (unpaired) electrons. The Balaban J connectivity index is 1.74. The second-order valence-electron chi connectivity index (χ2n) is 5.86. The highest BCUT2D eigenvalue weighted by Crippen LogP contribution is 2.42. The van der Waals surface area contributed by atoms with Crippen molar-refractivity contribution >= 4 is 48.6 Å². The third-order valence-corrected chi connectivity index (χ3v) is 5.19. The number of fused-ring (bicyclic) bond motifs is 1. The molecule has 0 aliphatic carbocycles. The smallest absolute Gasteiger partial charge is 0.421 e. The largest absolute Gasteiger partial charge is 0.453 e. The molecule has 0 aliphatic rings. The van der Waals surface area contributed by atoms with E-state index in [0.717, 1.165) is 12.1 Å². The van der Waals surface area contributed by atoms with Gasteiger partial charge in [0.05, 0.1) is 11.6 Å². The molecule has 1 aromatic carbocycles. The molecule has 4 rings (SSSR count). The number of rotatable bonds is 4. The topological polar surface area (TPSA) is 83.7 Å². The van der Waals surface area contributed by atoms with Crippen LogP contribution in [0.15, 0.2) is 53.3 Å². The Bertz CT molecular complexity index is 1250. The number of pyridine rings is 2. The lowest BCUT2D eigenvalue weighted by molar-refractivity contribution is -0.138. The summed E-state index contributed by atoms with van der Waals surface area (Å²) < 4.78 is 46.7. The lowest BCUT2D eigenvalue weighted by Crippen LogP contribution is -2.10. The van der Waals surface area contributed by atoms with Crippen LogP contribution in [0.5, 0.6) is 11.5 Å². The molecular formula is C19H9BrF3N5OS. The Morgan fingerprint density at radius 2 is 1.97 bits per heavy atom. The van der Waals surface area contributed by atoms with Crippen molar-refractivity contribution in [3.05, 3.63) is 64.4 Å². The van der Waals surface area contributed by atoms with Crippen LogP contribution in [0, 0.1) is 11.3 Å². The van der Waals surface area contributed by atoms with E-state index in [0.29, 0.717) is 20.0 Å². The summed E-state index contributed by atoms with van der Waals surface area (Å²) in [6, 6.07) is 10.1. The fourth-order valence-corrected chi connectivity index (χ4v) is 3.75. The summed E-state index contributed by atoms with van der Waals surface area (Å²) in [5.74, 6) is -0.319. The Labute approximate surface area is 180 Å². The minimum Gasteiger partial charge on any atom is -0.453 e. The molecule has 6 nitrogen and oxygen atoms in total. The maximum atomic E-state index is 13.6. The fourth-order valence-electron chi connectivity index (χ4n) is 2.64. The Morgan fingerprint density at radius 3 is 2.70 bits per heavy atom. The molecule has 1 N–H and O–H groups in total. The highest BCUT2D eigenvalue weighted by molar-refractivity contribution is 9.10. The van der Waals surface area contributed by atoms with Gasteiger partial charge in [0.15, 0.2) is 16.7 Å². The van der Waals surface area contributed by atoms with Gasteiger partial charge in [0.2, 0.25) is 0 Å². The van der Waals surface area contributed by atoms with Gasteiger partial charge >= 0.3 is 6.18 Å². The number of thiazole rings is 1. The zero-order valence-electron chi connectivity index (χ0n) is 14.7. The summed E-state index contributed by atoms with van der Waals surface area (Å²) in [5, 5.41) is 12.5. The predicted octanol–water partition coefficient (Wildman–Crippen LogP) is 6.28. The summed E-state index contributed by atoms with van der Waals surface area (Å²) in [7, 11) is 0. The number of benzene rings is 1. The van der Waals surface area contributed by atoms with E-state index in [4.69, 9.17) is 10.00 Å². The predicted molar refractivity (Wildman–Crippen MR) is 109 cm³/mol. The third-order valence-electron chi connectivity index (χ3n) is 3.86. The van der Waals surface area contributed by atoms with Crippen LogP contribution in [0.25, 0.3) is 10.3 Å². The zero-order valence-corrected chi connectivity index (χ0v) is 17.1. The maximum Gasteiger partial charge on any atom is 0.421 e. The average molecular weight is 492 g/mol. The van der Waals surface area contributed by atoms with Crippen LogP contribution in [0.4, 0.5) is 24.1 Å². The zero-order chi connectivity index (χ0) is 21.3. The Morgan fingerprint density at radius 1 is 1.13 bits per heavy atom. The second kappa shape index (κ2) is 7.89. The van der Waals surface area contributed by atoms with Gasteiger partial charge in [-0.05, 0) is 40.2 Å². The summed E-state index contributed by atoms with van der Waals surface area (Å²) in [4.78, 5) is 13.5. The number of aromatic nitrogens is 3. The van der Waals surface area contributed by atoms with Crippen molar-refractivity contribution in [2.75, 3.05) is 5.32 Å². The Kier molecular flexibility index (Phi) is 5.27. The van der Waals surface area contributed by atoms with Crippen molar-refractivity contribution in [2.45, 2.75) is 6.18 Å². The monoisotopic (exact) mass is 491 g/mol. The van der Waals surface area contributed by atoms with Gasteiger partial charge < -0.3 is 10.1 Å². The molecule has 0 amide bonds. The summed E-state index contributed by atoms with van der Waals surface area (Å²) in [6.07, 6.45) is -1.66. The van der Waals surface area contributed by atoms with E-state index in [9.17, 15) is 13.2 Å². The van der Waals surface area contributed by atoms with Crippen molar-refractivity contribution in [3.63, 3.8) is 0 Å². The molecule has 3 aromatic heterocycles. The van der Waals surface area contributed by atoms with Crippen LogP contribution in [0.2, 0.25) is 0 Å². The number of alkyl halides is 3. The van der Waals surface area contributed by atoms with Gasteiger partial charge in [-0.25, -0.2) is 15.0 Å². The van der Waals surface area contributed by atoms with Crippen LogP contribution in [0.1, 0.15) is 11.1 Å². The van der Waals surface area contributed by atoms with Crippen LogP contribution in [0.3, 0.4) is 0 Å². The molecule has 0 atom stereocenters. The molecule has 0 spiro atoms. The lowest BCUT2D eigenvalue weighted by atomic mass is 10.1. The molecule has 0 saturated heterocycles. The number of nitriles is 1. The van der Waals surface area contributed by atoms with Crippen LogP contribution in [-0.2, 0) is 6.18 Å². The first-order valence-electron chi connectivity index (χ1n) is 8.27. The number of nitrogens with zero attached hydrogens (tertiary/aromatic N) is 4. The number of halogens is 4. The van der Waals surface area contributed by atoms with Gasteiger partial charge in [-0.3, -0.25) is 0 Å². The number of anilines is 2. The second-order valence-corrected chi connectivity index (χ2v) is 7.76. The molecule has 11 heteroatoms. The SMILES string of the molecule is N#Cc1cccc(Oc2cc(Br)cnc2Nc2nc3cccnc3s2)c1C(F)(F)F. The molecule has 150 valence electrons. The van der Waals surface area contributed by atoms with Gasteiger partial charge in [0.25, 0.3) is 0 Å². The van der Waals surface area contributed by atoms with Crippen molar-refractivity contribution < 1.29 is 17.9 Å². The van der Waals surface area contributed by atoms with Crippen molar-refractivity contribution in [1.29, 1.82) is 5.26 Å². The molecule has 0 unspecified atom stereocenters. The van der Waals surface area contributed by atoms with E-state index in [1.54, 1.807) is 24.4 Å². The molecule has 4 aromatic rings. The molecule has 0 saturated carbocycles. The molecule has 0 bridgehead atoms. The summed E-state index contributed by atoms with van der Waals surface area (Å²) in [6.45, 7) is 0. The number of nitrogens with one attached hydrogen (secondary N) is 1. The minimum atomic E-state index is -4.77. The minimum absolute atomic E-state index is 0.0252. The quantitative estimate of drug-likeness (QED) is 0.361. The summed E-state index contributed by atoms with van der Waals surface area (Å²) in [5.41, 5.74) is -1.01. The first kappa shape index (κ1) is 20.1. The average Bonchev–Trinajstić information content (AvgIpc) is 3.11. The van der Waals surface area contributed by atoms with Gasteiger partial charge in [0.1, 0.15) is 21.7 Å². The lowest BCUT2D eigenvalue weighted by Gasteiger charge is -2.16. The van der Waals surface area contributed by atoms with Crippen molar-refractivity contribution in [2.24, 2.45) is 0 Å². The van der Waals surface area contributed by atoms with Crippen LogP contribution >= 0.6 is 27.3 Å². The van der Waals surface area contributed by atoms with E-state index in [1.807, 2.05) is 0 Å². The van der Waals surface area contributed by atoms with E-state index in [-0.39, 0.29) is 11.6 Å². The van der Waals surface area contributed by atoms with Crippen LogP contribution < -0.4 is 10.1 Å². The standard InChI is InChI=1S/C19H9BrF3N5OS/c20-11-7-14(29-13-5-1-3-10(8-24)15(13)19(21,22)23)16(26-9-11)28-18-27-12-4-2-6-25-17(12)30-18/h1-7,9H,(H,26,27,28). The summed E-state index contributed by atoms with van der Waals surface area (Å²) >= 11 is 4.50. The fraction of sp³-hybridized carbons (Fsp3) is 0.0526. The molecule has 3 heterocycles. The first-order valence-corrected chi connectivity index (χ1v) is 9.88. The maximum absolute atomic E-state index is 13.6. The van der Waals surface area contributed by atoms with E-state index < -0.39 is 23.1 Å². The number of hydrogen-bond acceptors (Lipinski definition) is 7. The van der Waals surface area contributed by atoms with Gasteiger partial charge in [0, 0.05) is 22.9 Å². The number of ether oxygens (including phenoxy) is 1.